The summed E-state index contributed by atoms with van der Waals surface area (Å²) in [5.41, 5.74) is 0.609. The Morgan fingerprint density at radius 1 is 1.73 bits per heavy atom. The molecule has 1 N–H and O–H groups in total. The predicted molar refractivity (Wildman–Crippen MR) is 58.1 cm³/mol. The number of halogens is 1. The second kappa shape index (κ2) is 5.75. The molecule has 1 amide bonds. The van der Waals surface area contributed by atoms with Crippen molar-refractivity contribution in [3.05, 3.63) is 17.8 Å². The summed E-state index contributed by atoms with van der Waals surface area (Å²) in [5, 5.41) is 2.90. The lowest BCUT2D eigenvalue weighted by molar-refractivity contribution is 0.0924. The summed E-state index contributed by atoms with van der Waals surface area (Å²) in [6, 6.07) is 0. The minimum Gasteiger partial charge on any atom is -0.438 e. The van der Waals surface area contributed by atoms with Crippen LogP contribution < -0.4 is 5.32 Å². The van der Waals surface area contributed by atoms with E-state index in [-0.39, 0.29) is 17.0 Å². The molecule has 0 spiro atoms. The van der Waals surface area contributed by atoms with E-state index in [2.05, 4.69) is 10.3 Å². The van der Waals surface area contributed by atoms with Gasteiger partial charge in [-0.15, -0.1) is 11.6 Å². The van der Waals surface area contributed by atoms with Crippen LogP contribution in [0.3, 0.4) is 0 Å². The van der Waals surface area contributed by atoms with Crippen LogP contribution in [-0.4, -0.2) is 22.8 Å². The van der Waals surface area contributed by atoms with Crippen LogP contribution in [0.4, 0.5) is 0 Å². The molecule has 0 aliphatic carbocycles. The lowest BCUT2D eigenvalue weighted by Crippen LogP contribution is -2.25. The highest BCUT2D eigenvalue weighted by Gasteiger charge is 2.12. The van der Waals surface area contributed by atoms with Crippen LogP contribution in [0.2, 0.25) is 0 Å². The van der Waals surface area contributed by atoms with E-state index in [1.807, 2.05) is 6.92 Å². The molecule has 1 rings (SSSR count). The van der Waals surface area contributed by atoms with Gasteiger partial charge >= 0.3 is 0 Å². The van der Waals surface area contributed by atoms with Crippen molar-refractivity contribution in [1.29, 1.82) is 0 Å². The summed E-state index contributed by atoms with van der Waals surface area (Å²) in [6.45, 7) is 4.28. The molecule has 0 bridgehead atoms. The molecule has 0 aliphatic heterocycles. The van der Waals surface area contributed by atoms with E-state index in [1.165, 1.54) is 6.39 Å². The first-order valence-electron chi connectivity index (χ1n) is 4.93. The molecule has 1 heterocycles. The van der Waals surface area contributed by atoms with Gasteiger partial charge in [0.05, 0.1) is 5.69 Å². The predicted octanol–water partition coefficient (Wildman–Crippen LogP) is 2.12. The molecule has 4 nitrogen and oxygen atoms in total. The smallest absolute Gasteiger partial charge is 0.288 e. The Morgan fingerprint density at radius 3 is 3.00 bits per heavy atom. The summed E-state index contributed by atoms with van der Waals surface area (Å²) < 4.78 is 4.95. The van der Waals surface area contributed by atoms with Gasteiger partial charge < -0.3 is 9.73 Å². The third-order valence-corrected chi connectivity index (χ3v) is 2.23. The third kappa shape index (κ3) is 3.91. The van der Waals surface area contributed by atoms with Crippen molar-refractivity contribution in [1.82, 2.24) is 10.3 Å². The largest absolute Gasteiger partial charge is 0.438 e. The van der Waals surface area contributed by atoms with Gasteiger partial charge in [-0.05, 0) is 26.7 Å². The first-order chi connectivity index (χ1) is 7.11. The van der Waals surface area contributed by atoms with Crippen LogP contribution in [0.15, 0.2) is 10.8 Å². The fourth-order valence-electron chi connectivity index (χ4n) is 1.19. The third-order valence-electron chi connectivity index (χ3n) is 2.02. The van der Waals surface area contributed by atoms with Gasteiger partial charge in [0.1, 0.15) is 0 Å². The standard InChI is InChI=1S/C10H15ClN2O2/c1-7(11)4-3-5-12-10(14)9-8(2)13-6-15-9/h6-7H,3-5H2,1-2H3,(H,12,14). The molecule has 1 aromatic heterocycles. The Morgan fingerprint density at radius 2 is 2.47 bits per heavy atom. The molecular weight excluding hydrogens is 216 g/mol. The minimum atomic E-state index is -0.216. The Balaban J connectivity index is 2.28. The number of carbonyl (C=O) groups is 1. The molecular formula is C10H15ClN2O2. The molecule has 0 fully saturated rings. The normalized spacial score (nSPS) is 12.5. The fraction of sp³-hybridized carbons (Fsp3) is 0.600. The number of aryl methyl sites for hydroxylation is 1. The summed E-state index contributed by atoms with van der Waals surface area (Å²) in [4.78, 5) is 15.3. The molecule has 1 aromatic rings. The molecule has 0 aliphatic rings. The monoisotopic (exact) mass is 230 g/mol. The van der Waals surface area contributed by atoms with E-state index >= 15 is 0 Å². The fourth-order valence-corrected chi connectivity index (χ4v) is 1.34. The molecule has 0 aromatic carbocycles. The van der Waals surface area contributed by atoms with Crippen LogP contribution in [0.1, 0.15) is 36.0 Å². The number of hydrogen-bond donors (Lipinski definition) is 1. The minimum absolute atomic E-state index is 0.147. The van der Waals surface area contributed by atoms with Gasteiger partial charge in [-0.2, -0.15) is 0 Å². The number of hydrogen-bond acceptors (Lipinski definition) is 3. The van der Waals surface area contributed by atoms with Crippen molar-refractivity contribution >= 4 is 17.5 Å². The van der Waals surface area contributed by atoms with Gasteiger partial charge in [-0.25, -0.2) is 4.98 Å². The Kier molecular flexibility index (Phi) is 4.62. The van der Waals surface area contributed by atoms with E-state index < -0.39 is 0 Å². The quantitative estimate of drug-likeness (QED) is 0.623. The lowest BCUT2D eigenvalue weighted by atomic mass is 10.2. The first-order valence-corrected chi connectivity index (χ1v) is 5.37. The van der Waals surface area contributed by atoms with Crippen molar-refractivity contribution < 1.29 is 9.21 Å². The van der Waals surface area contributed by atoms with Crippen molar-refractivity contribution in [3.8, 4) is 0 Å². The molecule has 0 radical (unpaired) electrons. The highest BCUT2D eigenvalue weighted by atomic mass is 35.5. The van der Waals surface area contributed by atoms with E-state index in [9.17, 15) is 4.79 Å². The van der Waals surface area contributed by atoms with Gasteiger partial charge in [0.2, 0.25) is 5.76 Å². The average molecular weight is 231 g/mol. The zero-order valence-corrected chi connectivity index (χ0v) is 9.67. The molecule has 5 heteroatoms. The molecule has 0 saturated carbocycles. The van der Waals surface area contributed by atoms with Crippen LogP contribution in [-0.2, 0) is 0 Å². The van der Waals surface area contributed by atoms with E-state index in [1.54, 1.807) is 6.92 Å². The number of oxazole rings is 1. The maximum absolute atomic E-state index is 11.5. The van der Waals surface area contributed by atoms with Gasteiger partial charge in [-0.3, -0.25) is 4.79 Å². The van der Waals surface area contributed by atoms with Crippen molar-refractivity contribution in [2.24, 2.45) is 0 Å². The van der Waals surface area contributed by atoms with Crippen molar-refractivity contribution in [2.75, 3.05) is 6.54 Å². The maximum Gasteiger partial charge on any atom is 0.288 e. The number of rotatable bonds is 5. The van der Waals surface area contributed by atoms with Crippen LogP contribution >= 0.6 is 11.6 Å². The topological polar surface area (TPSA) is 55.1 Å². The van der Waals surface area contributed by atoms with E-state index in [0.717, 1.165) is 12.8 Å². The van der Waals surface area contributed by atoms with Crippen LogP contribution in [0.5, 0.6) is 0 Å². The maximum atomic E-state index is 11.5. The number of amides is 1. The van der Waals surface area contributed by atoms with Gasteiger partial charge in [0.15, 0.2) is 6.39 Å². The van der Waals surface area contributed by atoms with E-state index in [4.69, 9.17) is 16.0 Å². The zero-order chi connectivity index (χ0) is 11.3. The molecule has 1 atom stereocenters. The summed E-state index contributed by atoms with van der Waals surface area (Å²) in [6.07, 6.45) is 3.02. The van der Waals surface area contributed by atoms with Crippen molar-refractivity contribution in [3.63, 3.8) is 0 Å². The van der Waals surface area contributed by atoms with Gasteiger partial charge in [0, 0.05) is 11.9 Å². The Bertz CT molecular complexity index is 323. The summed E-state index contributed by atoms with van der Waals surface area (Å²) in [7, 11) is 0. The second-order valence-corrected chi connectivity index (χ2v) is 4.19. The second-order valence-electron chi connectivity index (χ2n) is 3.45. The lowest BCUT2D eigenvalue weighted by Gasteiger charge is -2.04. The van der Waals surface area contributed by atoms with Crippen LogP contribution in [0.25, 0.3) is 0 Å². The molecule has 84 valence electrons. The SMILES string of the molecule is Cc1ncoc1C(=O)NCCCC(C)Cl. The van der Waals surface area contributed by atoms with Gasteiger partial charge in [0.25, 0.3) is 5.91 Å². The first kappa shape index (κ1) is 12.0. The van der Waals surface area contributed by atoms with E-state index in [0.29, 0.717) is 12.2 Å². The van der Waals surface area contributed by atoms with Crippen molar-refractivity contribution in [2.45, 2.75) is 32.1 Å². The Labute approximate surface area is 94.0 Å². The van der Waals surface area contributed by atoms with Gasteiger partial charge in [-0.1, -0.05) is 0 Å². The zero-order valence-electron chi connectivity index (χ0n) is 8.92. The summed E-state index contributed by atoms with van der Waals surface area (Å²) >= 11 is 5.78. The summed E-state index contributed by atoms with van der Waals surface area (Å²) in [5.74, 6) is 0.0705. The number of nitrogens with one attached hydrogen (secondary N) is 1. The number of nitrogens with zero attached hydrogens (tertiary/aromatic N) is 1. The average Bonchev–Trinajstić information content (AvgIpc) is 2.58. The molecule has 15 heavy (non-hydrogen) atoms. The number of carbonyl (C=O) groups excluding carboxylic acids is 1. The Hall–Kier alpha value is -1.03. The molecule has 1 unspecified atom stereocenters. The number of aromatic nitrogens is 1. The molecule has 0 saturated heterocycles. The highest BCUT2D eigenvalue weighted by molar-refractivity contribution is 6.20. The van der Waals surface area contributed by atoms with Crippen LogP contribution in [0, 0.1) is 6.92 Å². The number of alkyl halides is 1. The highest BCUT2D eigenvalue weighted by Crippen LogP contribution is 2.05.